The first-order valence-corrected chi connectivity index (χ1v) is 6.50. The Bertz CT molecular complexity index is 157. The van der Waals surface area contributed by atoms with Gasteiger partial charge in [-0.25, -0.2) is 0 Å². The lowest BCUT2D eigenvalue weighted by atomic mass is 9.91. The molecule has 0 saturated heterocycles. The first-order valence-electron chi connectivity index (χ1n) is 6.50. The summed E-state index contributed by atoms with van der Waals surface area (Å²) in [7, 11) is 0. The Morgan fingerprint density at radius 2 is 1.64 bits per heavy atom. The van der Waals surface area contributed by atoms with E-state index in [0.717, 1.165) is 29.6 Å². The van der Waals surface area contributed by atoms with Crippen molar-refractivity contribution in [1.82, 2.24) is 0 Å². The fourth-order valence-corrected chi connectivity index (χ4v) is 2.25. The standard InChI is InChI=1S/C14H28/c1-10(2)6-7-13-9-14(13)8-12(5)11(3)4/h10-14H,6-9H2,1-5H3. The summed E-state index contributed by atoms with van der Waals surface area (Å²) in [5.41, 5.74) is 0. The SMILES string of the molecule is CC(C)CCC1CC1CC(C)C(C)C. The second kappa shape index (κ2) is 5.19. The van der Waals surface area contributed by atoms with Crippen LogP contribution >= 0.6 is 0 Å². The first kappa shape index (κ1) is 12.1. The molecule has 1 saturated carbocycles. The van der Waals surface area contributed by atoms with Crippen LogP contribution in [0.25, 0.3) is 0 Å². The van der Waals surface area contributed by atoms with E-state index in [1.165, 1.54) is 25.7 Å². The molecule has 1 aliphatic carbocycles. The molecular weight excluding hydrogens is 168 g/mol. The van der Waals surface area contributed by atoms with Crippen LogP contribution < -0.4 is 0 Å². The highest BCUT2D eigenvalue weighted by Gasteiger charge is 2.37. The summed E-state index contributed by atoms with van der Waals surface area (Å²) in [6, 6.07) is 0. The minimum atomic E-state index is 0.876. The van der Waals surface area contributed by atoms with E-state index in [1.54, 1.807) is 0 Å². The van der Waals surface area contributed by atoms with Crippen molar-refractivity contribution in [3.05, 3.63) is 0 Å². The monoisotopic (exact) mass is 196 g/mol. The van der Waals surface area contributed by atoms with E-state index in [1.807, 2.05) is 0 Å². The Morgan fingerprint density at radius 3 is 2.14 bits per heavy atom. The largest absolute Gasteiger partial charge is 0.0628 e. The van der Waals surface area contributed by atoms with E-state index in [0.29, 0.717) is 0 Å². The van der Waals surface area contributed by atoms with Gasteiger partial charge in [0, 0.05) is 0 Å². The van der Waals surface area contributed by atoms with Crippen LogP contribution in [0.1, 0.15) is 60.3 Å². The lowest BCUT2D eigenvalue weighted by molar-refractivity contribution is 0.359. The molecule has 3 unspecified atom stereocenters. The fourth-order valence-electron chi connectivity index (χ4n) is 2.25. The summed E-state index contributed by atoms with van der Waals surface area (Å²) < 4.78 is 0. The zero-order valence-corrected chi connectivity index (χ0v) is 10.7. The predicted molar refractivity (Wildman–Crippen MR) is 64.3 cm³/mol. The molecule has 0 nitrogen and oxygen atoms in total. The summed E-state index contributed by atoms with van der Waals surface area (Å²) in [5, 5.41) is 0. The van der Waals surface area contributed by atoms with Gasteiger partial charge in [0.05, 0.1) is 0 Å². The molecule has 3 atom stereocenters. The van der Waals surface area contributed by atoms with E-state index in [4.69, 9.17) is 0 Å². The average molecular weight is 196 g/mol. The van der Waals surface area contributed by atoms with Gasteiger partial charge < -0.3 is 0 Å². The molecule has 0 amide bonds. The van der Waals surface area contributed by atoms with Crippen LogP contribution in [-0.2, 0) is 0 Å². The van der Waals surface area contributed by atoms with Crippen molar-refractivity contribution in [1.29, 1.82) is 0 Å². The van der Waals surface area contributed by atoms with Crippen LogP contribution in [0.2, 0.25) is 0 Å². The Labute approximate surface area is 90.5 Å². The Kier molecular flexibility index (Phi) is 4.47. The quantitative estimate of drug-likeness (QED) is 0.575. The van der Waals surface area contributed by atoms with Gasteiger partial charge in [0.15, 0.2) is 0 Å². The van der Waals surface area contributed by atoms with E-state index in [-0.39, 0.29) is 0 Å². The van der Waals surface area contributed by atoms with E-state index in [2.05, 4.69) is 34.6 Å². The highest BCUT2D eigenvalue weighted by Crippen LogP contribution is 2.47. The molecule has 0 heteroatoms. The lowest BCUT2D eigenvalue weighted by Crippen LogP contribution is -2.05. The molecule has 0 aromatic carbocycles. The van der Waals surface area contributed by atoms with Crippen LogP contribution in [0.3, 0.4) is 0 Å². The van der Waals surface area contributed by atoms with Gasteiger partial charge in [0.25, 0.3) is 0 Å². The fraction of sp³-hybridized carbons (Fsp3) is 1.00. The van der Waals surface area contributed by atoms with Crippen molar-refractivity contribution < 1.29 is 0 Å². The Balaban J connectivity index is 2.08. The van der Waals surface area contributed by atoms with Crippen LogP contribution in [0.15, 0.2) is 0 Å². The third kappa shape index (κ3) is 4.02. The van der Waals surface area contributed by atoms with Crippen molar-refractivity contribution in [3.63, 3.8) is 0 Å². The molecule has 1 fully saturated rings. The molecule has 0 N–H and O–H groups in total. The van der Waals surface area contributed by atoms with Gasteiger partial charge in [-0.2, -0.15) is 0 Å². The zero-order valence-electron chi connectivity index (χ0n) is 10.7. The molecule has 0 spiro atoms. The molecule has 14 heavy (non-hydrogen) atoms. The minimum absolute atomic E-state index is 0.876. The summed E-state index contributed by atoms with van der Waals surface area (Å²) >= 11 is 0. The van der Waals surface area contributed by atoms with Gasteiger partial charge in [0.2, 0.25) is 0 Å². The molecule has 84 valence electrons. The van der Waals surface area contributed by atoms with Crippen molar-refractivity contribution in [2.24, 2.45) is 29.6 Å². The Hall–Kier alpha value is 0. The van der Waals surface area contributed by atoms with Crippen molar-refractivity contribution in [2.75, 3.05) is 0 Å². The Morgan fingerprint density at radius 1 is 1.00 bits per heavy atom. The third-order valence-electron chi connectivity index (χ3n) is 4.00. The molecule has 0 heterocycles. The topological polar surface area (TPSA) is 0 Å². The van der Waals surface area contributed by atoms with Gasteiger partial charge >= 0.3 is 0 Å². The highest BCUT2D eigenvalue weighted by atomic mass is 14.4. The van der Waals surface area contributed by atoms with Gasteiger partial charge in [0.1, 0.15) is 0 Å². The van der Waals surface area contributed by atoms with E-state index >= 15 is 0 Å². The smallest absolute Gasteiger partial charge is 0.0380 e. The summed E-state index contributed by atoms with van der Waals surface area (Å²) in [4.78, 5) is 0. The minimum Gasteiger partial charge on any atom is -0.0628 e. The van der Waals surface area contributed by atoms with Crippen LogP contribution in [0.4, 0.5) is 0 Å². The molecule has 0 bridgehead atoms. The molecule has 0 aromatic rings. The van der Waals surface area contributed by atoms with E-state index in [9.17, 15) is 0 Å². The summed E-state index contributed by atoms with van der Waals surface area (Å²) in [6.45, 7) is 11.8. The second-order valence-corrected chi connectivity index (χ2v) is 6.18. The maximum absolute atomic E-state index is 2.42. The number of hydrogen-bond acceptors (Lipinski definition) is 0. The molecular formula is C14H28. The van der Waals surface area contributed by atoms with Crippen molar-refractivity contribution in [3.8, 4) is 0 Å². The molecule has 1 aliphatic rings. The van der Waals surface area contributed by atoms with Gasteiger partial charge in [-0.15, -0.1) is 0 Å². The van der Waals surface area contributed by atoms with Crippen molar-refractivity contribution in [2.45, 2.75) is 60.3 Å². The lowest BCUT2D eigenvalue weighted by Gasteiger charge is -2.15. The molecule has 1 rings (SSSR count). The molecule has 0 aliphatic heterocycles. The van der Waals surface area contributed by atoms with Gasteiger partial charge in [-0.3, -0.25) is 0 Å². The van der Waals surface area contributed by atoms with Crippen molar-refractivity contribution >= 4 is 0 Å². The zero-order chi connectivity index (χ0) is 10.7. The average Bonchev–Trinajstić information content (AvgIpc) is 2.79. The normalized spacial score (nSPS) is 28.5. The van der Waals surface area contributed by atoms with E-state index < -0.39 is 0 Å². The summed E-state index contributed by atoms with van der Waals surface area (Å²) in [5.74, 6) is 4.90. The predicted octanol–water partition coefficient (Wildman–Crippen LogP) is 4.74. The number of hydrogen-bond donors (Lipinski definition) is 0. The van der Waals surface area contributed by atoms with Crippen LogP contribution in [-0.4, -0.2) is 0 Å². The second-order valence-electron chi connectivity index (χ2n) is 6.18. The van der Waals surface area contributed by atoms with Crippen LogP contribution in [0, 0.1) is 29.6 Å². The maximum atomic E-state index is 2.42. The van der Waals surface area contributed by atoms with Gasteiger partial charge in [-0.05, 0) is 48.9 Å². The molecule has 0 aromatic heterocycles. The first-order chi connectivity index (χ1) is 6.50. The third-order valence-corrected chi connectivity index (χ3v) is 4.00. The summed E-state index contributed by atoms with van der Waals surface area (Å²) in [6.07, 6.45) is 5.95. The maximum Gasteiger partial charge on any atom is -0.0380 e. The highest BCUT2D eigenvalue weighted by molar-refractivity contribution is 4.87. The van der Waals surface area contributed by atoms with Gasteiger partial charge in [-0.1, -0.05) is 41.0 Å². The van der Waals surface area contributed by atoms with Crippen LogP contribution in [0.5, 0.6) is 0 Å². The molecule has 0 radical (unpaired) electrons. The number of rotatable bonds is 6.